The van der Waals surface area contributed by atoms with Crippen molar-refractivity contribution in [3.8, 4) is 0 Å². The number of aromatic nitrogens is 2. The summed E-state index contributed by atoms with van der Waals surface area (Å²) in [5.74, 6) is 0.356. The van der Waals surface area contributed by atoms with E-state index >= 15 is 0 Å². The Morgan fingerprint density at radius 3 is 3.05 bits per heavy atom. The number of halogens is 1. The van der Waals surface area contributed by atoms with Gasteiger partial charge in [-0.3, -0.25) is 5.10 Å². The molecule has 5 heteroatoms. The highest BCUT2D eigenvalue weighted by Crippen LogP contribution is 2.29. The molecule has 2 aromatic rings. The summed E-state index contributed by atoms with van der Waals surface area (Å²) in [4.78, 5) is 0. The van der Waals surface area contributed by atoms with E-state index in [9.17, 15) is 5.11 Å². The predicted molar refractivity (Wildman–Crippen MR) is 80.2 cm³/mol. The maximum Gasteiger partial charge on any atom is 0.0682 e. The number of fused-ring (bicyclic) bond motifs is 1. The third kappa shape index (κ3) is 2.77. The van der Waals surface area contributed by atoms with Crippen molar-refractivity contribution in [1.82, 2.24) is 10.2 Å². The van der Waals surface area contributed by atoms with Crippen molar-refractivity contribution in [1.29, 1.82) is 0 Å². The second kappa shape index (κ2) is 5.51. The van der Waals surface area contributed by atoms with Crippen LogP contribution in [0.1, 0.15) is 25.7 Å². The lowest BCUT2D eigenvalue weighted by atomic mass is 9.86. The van der Waals surface area contributed by atoms with Crippen molar-refractivity contribution in [3.63, 3.8) is 0 Å². The normalized spacial score (nSPS) is 23.7. The standard InChI is InChI=1S/C14H18BrN3O/c15-10-5-12(11-8-17-18-13(11)6-10)16-7-9-3-1-2-4-14(9)19/h5-6,8-9,14,16,19H,1-4,7H2,(H,17,18)/t9-,14+/m1/s1. The number of aliphatic hydroxyl groups excluding tert-OH is 1. The van der Waals surface area contributed by atoms with E-state index in [0.29, 0.717) is 5.92 Å². The summed E-state index contributed by atoms with van der Waals surface area (Å²) in [5.41, 5.74) is 2.08. The molecule has 102 valence electrons. The zero-order valence-corrected chi connectivity index (χ0v) is 12.3. The van der Waals surface area contributed by atoms with Gasteiger partial charge >= 0.3 is 0 Å². The Kier molecular flexibility index (Phi) is 3.75. The average Bonchev–Trinajstić information content (AvgIpc) is 2.85. The Balaban J connectivity index is 1.75. The molecule has 3 rings (SSSR count). The number of nitrogens with one attached hydrogen (secondary N) is 2. The fraction of sp³-hybridized carbons (Fsp3) is 0.500. The molecule has 0 bridgehead atoms. The van der Waals surface area contributed by atoms with Crippen molar-refractivity contribution < 1.29 is 5.11 Å². The van der Waals surface area contributed by atoms with Crippen LogP contribution in [0.5, 0.6) is 0 Å². The molecule has 0 radical (unpaired) electrons. The summed E-state index contributed by atoms with van der Waals surface area (Å²) < 4.78 is 1.02. The molecule has 1 aliphatic rings. The molecule has 0 aliphatic heterocycles. The Hall–Kier alpha value is -1.07. The molecule has 1 aliphatic carbocycles. The molecule has 0 amide bonds. The van der Waals surface area contributed by atoms with Gasteiger partial charge in [0.05, 0.1) is 17.8 Å². The fourth-order valence-corrected chi connectivity index (χ4v) is 3.29. The van der Waals surface area contributed by atoms with E-state index in [4.69, 9.17) is 0 Å². The van der Waals surface area contributed by atoms with Gasteiger partial charge in [0.15, 0.2) is 0 Å². The van der Waals surface area contributed by atoms with Crippen LogP contribution in [0.4, 0.5) is 5.69 Å². The number of aliphatic hydroxyl groups is 1. The van der Waals surface area contributed by atoms with Crippen LogP contribution in [-0.2, 0) is 0 Å². The van der Waals surface area contributed by atoms with Crippen molar-refractivity contribution in [3.05, 3.63) is 22.8 Å². The molecule has 1 saturated carbocycles. The molecule has 2 atom stereocenters. The minimum atomic E-state index is -0.159. The number of nitrogens with zero attached hydrogens (tertiary/aromatic N) is 1. The van der Waals surface area contributed by atoms with Crippen LogP contribution >= 0.6 is 15.9 Å². The highest BCUT2D eigenvalue weighted by Gasteiger charge is 2.22. The monoisotopic (exact) mass is 323 g/mol. The summed E-state index contributed by atoms with van der Waals surface area (Å²) in [7, 11) is 0. The molecule has 1 heterocycles. The average molecular weight is 324 g/mol. The van der Waals surface area contributed by atoms with Crippen LogP contribution in [0.25, 0.3) is 10.9 Å². The molecular formula is C14H18BrN3O. The smallest absolute Gasteiger partial charge is 0.0682 e. The van der Waals surface area contributed by atoms with Gasteiger partial charge in [-0.1, -0.05) is 28.8 Å². The van der Waals surface area contributed by atoms with E-state index in [1.54, 1.807) is 0 Å². The topological polar surface area (TPSA) is 60.9 Å². The minimum Gasteiger partial charge on any atom is -0.393 e. The minimum absolute atomic E-state index is 0.159. The van der Waals surface area contributed by atoms with Gasteiger partial charge in [0.2, 0.25) is 0 Å². The molecule has 1 fully saturated rings. The second-order valence-corrected chi connectivity index (χ2v) is 6.19. The van der Waals surface area contributed by atoms with E-state index < -0.39 is 0 Å². The van der Waals surface area contributed by atoms with Gasteiger partial charge < -0.3 is 10.4 Å². The summed E-state index contributed by atoms with van der Waals surface area (Å²) in [6.07, 6.45) is 6.10. The van der Waals surface area contributed by atoms with Crippen LogP contribution in [0.3, 0.4) is 0 Å². The largest absolute Gasteiger partial charge is 0.393 e. The van der Waals surface area contributed by atoms with Gasteiger partial charge in [0.1, 0.15) is 0 Å². The number of benzene rings is 1. The van der Waals surface area contributed by atoms with Crippen LogP contribution in [-0.4, -0.2) is 28.0 Å². The summed E-state index contributed by atoms with van der Waals surface area (Å²) in [5, 5.41) is 21.6. The summed E-state index contributed by atoms with van der Waals surface area (Å²) >= 11 is 3.51. The first-order valence-corrected chi connectivity index (χ1v) is 7.58. The van der Waals surface area contributed by atoms with Gasteiger partial charge in [0.25, 0.3) is 0 Å². The second-order valence-electron chi connectivity index (χ2n) is 5.28. The first-order chi connectivity index (χ1) is 9.24. The van der Waals surface area contributed by atoms with Crippen molar-refractivity contribution in [2.45, 2.75) is 31.8 Å². The van der Waals surface area contributed by atoms with E-state index in [1.807, 2.05) is 12.3 Å². The third-order valence-electron chi connectivity index (χ3n) is 3.95. The summed E-state index contributed by atoms with van der Waals surface area (Å²) in [6.45, 7) is 0.817. The third-order valence-corrected chi connectivity index (χ3v) is 4.40. The maximum atomic E-state index is 10.0. The number of rotatable bonds is 3. The molecular weight excluding hydrogens is 306 g/mol. The van der Waals surface area contributed by atoms with Crippen molar-refractivity contribution in [2.24, 2.45) is 5.92 Å². The number of anilines is 1. The first-order valence-electron chi connectivity index (χ1n) is 6.78. The maximum absolute atomic E-state index is 10.0. The van der Waals surface area contributed by atoms with E-state index in [-0.39, 0.29) is 6.10 Å². The number of hydrogen-bond acceptors (Lipinski definition) is 3. The van der Waals surface area contributed by atoms with E-state index in [2.05, 4.69) is 37.5 Å². The van der Waals surface area contributed by atoms with Gasteiger partial charge in [-0.2, -0.15) is 5.10 Å². The van der Waals surface area contributed by atoms with Gasteiger partial charge in [0, 0.05) is 28.0 Å². The predicted octanol–water partition coefficient (Wildman–Crippen LogP) is 3.29. The Labute approximate surface area is 120 Å². The zero-order chi connectivity index (χ0) is 13.2. The Morgan fingerprint density at radius 1 is 1.37 bits per heavy atom. The fourth-order valence-electron chi connectivity index (χ4n) is 2.83. The number of aromatic amines is 1. The number of hydrogen-bond donors (Lipinski definition) is 3. The lowest BCUT2D eigenvalue weighted by Crippen LogP contribution is -2.30. The molecule has 0 unspecified atom stereocenters. The highest BCUT2D eigenvalue weighted by molar-refractivity contribution is 9.10. The molecule has 0 saturated heterocycles. The highest BCUT2D eigenvalue weighted by atomic mass is 79.9. The molecule has 3 N–H and O–H groups in total. The molecule has 19 heavy (non-hydrogen) atoms. The lowest BCUT2D eigenvalue weighted by Gasteiger charge is -2.28. The van der Waals surface area contributed by atoms with Crippen LogP contribution in [0, 0.1) is 5.92 Å². The zero-order valence-electron chi connectivity index (χ0n) is 10.7. The van der Waals surface area contributed by atoms with Crippen LogP contribution in [0.2, 0.25) is 0 Å². The Bertz CT molecular complexity index is 569. The molecule has 1 aromatic heterocycles. The lowest BCUT2D eigenvalue weighted by molar-refractivity contribution is 0.0763. The SMILES string of the molecule is O[C@H]1CCCC[C@@H]1CNc1cc(Br)cc2[nH]ncc12. The van der Waals surface area contributed by atoms with Gasteiger partial charge in [-0.05, 0) is 25.0 Å². The Morgan fingerprint density at radius 2 is 2.21 bits per heavy atom. The van der Waals surface area contributed by atoms with E-state index in [1.165, 1.54) is 6.42 Å². The van der Waals surface area contributed by atoms with Gasteiger partial charge in [-0.15, -0.1) is 0 Å². The molecule has 4 nitrogen and oxygen atoms in total. The quantitative estimate of drug-likeness (QED) is 0.812. The molecule has 1 aromatic carbocycles. The van der Waals surface area contributed by atoms with E-state index in [0.717, 1.165) is 46.9 Å². The molecule has 0 spiro atoms. The van der Waals surface area contributed by atoms with Crippen molar-refractivity contribution in [2.75, 3.05) is 11.9 Å². The number of H-pyrrole nitrogens is 1. The van der Waals surface area contributed by atoms with Gasteiger partial charge in [-0.25, -0.2) is 0 Å². The summed E-state index contributed by atoms with van der Waals surface area (Å²) in [6, 6.07) is 4.08. The van der Waals surface area contributed by atoms with Crippen LogP contribution < -0.4 is 5.32 Å². The first kappa shape index (κ1) is 12.9. The van der Waals surface area contributed by atoms with Crippen LogP contribution in [0.15, 0.2) is 22.8 Å². The van der Waals surface area contributed by atoms with Crippen molar-refractivity contribution >= 4 is 32.5 Å².